The molecule has 1 aliphatic heterocycles. The zero-order valence-corrected chi connectivity index (χ0v) is 12.7. The van der Waals surface area contributed by atoms with Crippen LogP contribution in [-0.2, 0) is 6.54 Å². The second kappa shape index (κ2) is 6.93. The monoisotopic (exact) mass is 300 g/mol. The molecule has 1 aromatic carbocycles. The fourth-order valence-corrected chi connectivity index (χ4v) is 2.38. The molecule has 5 heteroatoms. The van der Waals surface area contributed by atoms with E-state index >= 15 is 0 Å². The molecule has 0 aliphatic carbocycles. The van der Waals surface area contributed by atoms with Crippen LogP contribution in [0.25, 0.3) is 0 Å². The van der Waals surface area contributed by atoms with Crippen molar-refractivity contribution >= 4 is 5.84 Å². The van der Waals surface area contributed by atoms with E-state index in [0.717, 1.165) is 17.6 Å². The molecule has 4 nitrogen and oxygen atoms in total. The van der Waals surface area contributed by atoms with Crippen molar-refractivity contribution in [2.45, 2.75) is 25.9 Å². The smallest absolute Gasteiger partial charge is 0.141 e. The Morgan fingerprint density at radius 3 is 2.68 bits per heavy atom. The number of nitrogens with two attached hydrogens (primary N) is 2. The first-order valence-electron chi connectivity index (χ1n) is 7.19. The third-order valence-electron chi connectivity index (χ3n) is 3.57. The molecule has 4 N–H and O–H groups in total. The van der Waals surface area contributed by atoms with Crippen LogP contribution in [0.2, 0.25) is 0 Å². The number of hydrogen-bond donors (Lipinski definition) is 2. The lowest BCUT2D eigenvalue weighted by Gasteiger charge is -2.35. The van der Waals surface area contributed by atoms with E-state index in [0.29, 0.717) is 12.4 Å². The molecule has 0 saturated carbocycles. The number of halogens is 1. The van der Waals surface area contributed by atoms with Gasteiger partial charge in [0.1, 0.15) is 17.5 Å². The second-order valence-corrected chi connectivity index (χ2v) is 5.14. The molecule has 1 heterocycles. The van der Waals surface area contributed by atoms with Crippen molar-refractivity contribution in [3.63, 3.8) is 0 Å². The Morgan fingerprint density at radius 1 is 1.41 bits per heavy atom. The molecule has 0 fully saturated rings. The van der Waals surface area contributed by atoms with Gasteiger partial charge in [0.25, 0.3) is 0 Å². The molecule has 0 spiro atoms. The standard InChI is InChI=1S/C17H21FN4/c1-3-15-9-4-12(2)17(21-16(20)10-19)22(15)11-13-5-7-14(18)8-6-13/h4-10,15H,2-3,11,19-20H2,1H3/b16-10-,21-17?. The van der Waals surface area contributed by atoms with Crippen molar-refractivity contribution in [3.8, 4) is 0 Å². The molecule has 0 amide bonds. The van der Waals surface area contributed by atoms with E-state index < -0.39 is 0 Å². The van der Waals surface area contributed by atoms with Crippen molar-refractivity contribution in [1.82, 2.24) is 4.90 Å². The Labute approximate surface area is 130 Å². The van der Waals surface area contributed by atoms with E-state index in [2.05, 4.69) is 29.5 Å². The highest BCUT2D eigenvalue weighted by molar-refractivity contribution is 6.02. The number of aliphatic imine (C=N–C) groups is 1. The van der Waals surface area contributed by atoms with Gasteiger partial charge in [0.15, 0.2) is 0 Å². The molecule has 1 atom stereocenters. The summed E-state index contributed by atoms with van der Waals surface area (Å²) in [5, 5.41) is 0. The Bertz CT molecular complexity index is 629. The largest absolute Gasteiger partial charge is 0.402 e. The highest BCUT2D eigenvalue weighted by Crippen LogP contribution is 2.22. The first-order valence-corrected chi connectivity index (χ1v) is 7.19. The minimum Gasteiger partial charge on any atom is -0.402 e. The lowest BCUT2D eigenvalue weighted by atomic mass is 10.0. The van der Waals surface area contributed by atoms with E-state index in [4.69, 9.17) is 11.5 Å². The third kappa shape index (κ3) is 3.55. The number of benzene rings is 1. The summed E-state index contributed by atoms with van der Waals surface area (Å²) in [6.45, 7) is 6.71. The van der Waals surface area contributed by atoms with Gasteiger partial charge in [0, 0.05) is 24.4 Å². The zero-order chi connectivity index (χ0) is 16.1. The van der Waals surface area contributed by atoms with E-state index in [1.54, 1.807) is 12.1 Å². The van der Waals surface area contributed by atoms with Gasteiger partial charge >= 0.3 is 0 Å². The molecule has 0 saturated heterocycles. The molecule has 116 valence electrons. The number of hydrogen-bond acceptors (Lipinski definition) is 3. The summed E-state index contributed by atoms with van der Waals surface area (Å²) >= 11 is 0. The van der Waals surface area contributed by atoms with E-state index in [9.17, 15) is 4.39 Å². The topological polar surface area (TPSA) is 67.6 Å². The van der Waals surface area contributed by atoms with Crippen LogP contribution in [0.1, 0.15) is 18.9 Å². The average Bonchev–Trinajstić information content (AvgIpc) is 2.52. The predicted octanol–water partition coefficient (Wildman–Crippen LogP) is 2.65. The van der Waals surface area contributed by atoms with E-state index in [1.807, 2.05) is 6.08 Å². The van der Waals surface area contributed by atoms with Crippen molar-refractivity contribution in [1.29, 1.82) is 0 Å². The average molecular weight is 300 g/mol. The Kier molecular flexibility index (Phi) is 4.99. The summed E-state index contributed by atoms with van der Waals surface area (Å²) in [5.74, 6) is 0.686. The van der Waals surface area contributed by atoms with E-state index in [-0.39, 0.29) is 17.7 Å². The predicted molar refractivity (Wildman–Crippen MR) is 88.2 cm³/mol. The van der Waals surface area contributed by atoms with Crippen LogP contribution in [0, 0.1) is 5.82 Å². The summed E-state index contributed by atoms with van der Waals surface area (Å²) in [6, 6.07) is 6.62. The highest BCUT2D eigenvalue weighted by Gasteiger charge is 2.24. The third-order valence-corrected chi connectivity index (χ3v) is 3.57. The van der Waals surface area contributed by atoms with Gasteiger partial charge in [-0.3, -0.25) is 0 Å². The zero-order valence-electron chi connectivity index (χ0n) is 12.7. The molecule has 1 unspecified atom stereocenters. The molecular formula is C17H21FN4. The Balaban J connectivity index is 2.36. The van der Waals surface area contributed by atoms with Crippen LogP contribution in [0.5, 0.6) is 0 Å². The number of nitrogens with zero attached hydrogens (tertiary/aromatic N) is 2. The fraction of sp³-hybridized carbons (Fsp3) is 0.235. The van der Waals surface area contributed by atoms with Crippen LogP contribution in [0.4, 0.5) is 4.39 Å². The molecular weight excluding hydrogens is 279 g/mol. The summed E-state index contributed by atoms with van der Waals surface area (Å²) in [6.07, 6.45) is 6.21. The maximum Gasteiger partial charge on any atom is 0.141 e. The van der Waals surface area contributed by atoms with Gasteiger partial charge in [-0.05, 0) is 24.1 Å². The maximum absolute atomic E-state index is 13.1. The van der Waals surface area contributed by atoms with Gasteiger partial charge in [-0.25, -0.2) is 9.38 Å². The molecule has 1 aromatic rings. The molecule has 1 aliphatic rings. The Hall–Kier alpha value is -2.56. The lowest BCUT2D eigenvalue weighted by Crippen LogP contribution is -2.41. The maximum atomic E-state index is 13.1. The first-order chi connectivity index (χ1) is 10.5. The lowest BCUT2D eigenvalue weighted by molar-refractivity contribution is 0.339. The molecule has 22 heavy (non-hydrogen) atoms. The van der Waals surface area contributed by atoms with Gasteiger partial charge in [-0.1, -0.05) is 37.8 Å². The van der Waals surface area contributed by atoms with Crippen molar-refractivity contribution in [3.05, 3.63) is 72.0 Å². The van der Waals surface area contributed by atoms with E-state index in [1.165, 1.54) is 18.3 Å². The van der Waals surface area contributed by atoms with Crippen LogP contribution in [0.3, 0.4) is 0 Å². The summed E-state index contributed by atoms with van der Waals surface area (Å²) < 4.78 is 13.1. The molecule has 2 rings (SSSR count). The second-order valence-electron chi connectivity index (χ2n) is 5.14. The van der Waals surface area contributed by atoms with Crippen LogP contribution >= 0.6 is 0 Å². The summed E-state index contributed by atoms with van der Waals surface area (Å²) in [7, 11) is 0. The van der Waals surface area contributed by atoms with Gasteiger partial charge < -0.3 is 16.4 Å². The normalized spacial score (nSPS) is 20.7. The summed E-state index contributed by atoms with van der Waals surface area (Å²) in [4.78, 5) is 6.46. The van der Waals surface area contributed by atoms with Crippen LogP contribution < -0.4 is 11.5 Å². The first kappa shape index (κ1) is 15.8. The quantitative estimate of drug-likeness (QED) is 0.898. The highest BCUT2D eigenvalue weighted by atomic mass is 19.1. The molecule has 0 bridgehead atoms. The number of rotatable bonds is 4. The minimum atomic E-state index is -0.247. The Morgan fingerprint density at radius 2 is 2.09 bits per heavy atom. The van der Waals surface area contributed by atoms with Crippen LogP contribution in [-0.4, -0.2) is 16.8 Å². The number of amidine groups is 1. The SMILES string of the molecule is C=C1C=CC(CC)N(Cc2ccc(F)cc2)C1=N/C(N)=C\N. The summed E-state index contributed by atoms with van der Waals surface area (Å²) in [5.41, 5.74) is 12.9. The minimum absolute atomic E-state index is 0.180. The van der Waals surface area contributed by atoms with Crippen molar-refractivity contribution in [2.75, 3.05) is 0 Å². The van der Waals surface area contributed by atoms with Crippen LogP contribution in [0.15, 0.2) is 65.6 Å². The van der Waals surface area contributed by atoms with Gasteiger partial charge in [0.05, 0.1) is 0 Å². The van der Waals surface area contributed by atoms with Gasteiger partial charge in [-0.15, -0.1) is 0 Å². The van der Waals surface area contributed by atoms with Crippen molar-refractivity contribution in [2.24, 2.45) is 16.5 Å². The molecule has 0 radical (unpaired) electrons. The molecule has 0 aromatic heterocycles. The van der Waals surface area contributed by atoms with Gasteiger partial charge in [-0.2, -0.15) is 0 Å². The van der Waals surface area contributed by atoms with Gasteiger partial charge in [0.2, 0.25) is 0 Å². The van der Waals surface area contributed by atoms with Crippen molar-refractivity contribution < 1.29 is 4.39 Å². The fourth-order valence-electron chi connectivity index (χ4n) is 2.38.